The van der Waals surface area contributed by atoms with Crippen molar-refractivity contribution in [2.75, 3.05) is 24.2 Å². The van der Waals surface area contributed by atoms with Crippen molar-refractivity contribution in [1.82, 2.24) is 10.2 Å². The largest absolute Gasteiger partial charge is 0.381 e. The number of hydrogen-bond acceptors (Lipinski definition) is 8. The third-order valence-corrected chi connectivity index (χ3v) is 3.68. The first kappa shape index (κ1) is 17.7. The molecule has 0 fully saturated rings. The Morgan fingerprint density at radius 3 is 2.68 bits per heavy atom. The number of anilines is 2. The van der Waals surface area contributed by atoms with Crippen LogP contribution in [0.1, 0.15) is 17.7 Å². The van der Waals surface area contributed by atoms with Gasteiger partial charge in [-0.15, -0.1) is 0 Å². The summed E-state index contributed by atoms with van der Waals surface area (Å²) in [5.41, 5.74) is 6.07. The highest BCUT2D eigenvalue weighted by Gasteiger charge is 2.21. The fourth-order valence-electron chi connectivity index (χ4n) is 2.41. The van der Waals surface area contributed by atoms with Crippen LogP contribution in [-0.2, 0) is 6.42 Å². The minimum Gasteiger partial charge on any atom is -0.381 e. The molecule has 25 heavy (non-hydrogen) atoms. The van der Waals surface area contributed by atoms with Gasteiger partial charge in [0.1, 0.15) is 17.3 Å². The van der Waals surface area contributed by atoms with Crippen molar-refractivity contribution >= 4 is 22.9 Å². The number of nitrogens with one attached hydrogen (secondary N) is 1. The van der Waals surface area contributed by atoms with E-state index in [1.807, 2.05) is 6.07 Å². The molecule has 11 heteroatoms. The second-order valence-electron chi connectivity index (χ2n) is 5.29. The van der Waals surface area contributed by atoms with Crippen molar-refractivity contribution < 1.29 is 9.85 Å². The number of nitrogens with zero attached hydrogens (tertiary/aromatic N) is 5. The van der Waals surface area contributed by atoms with Crippen LogP contribution in [-0.4, -0.2) is 33.6 Å². The normalized spacial score (nSPS) is 10.2. The Labute approximate surface area is 142 Å². The highest BCUT2D eigenvalue weighted by atomic mass is 16.6. The van der Waals surface area contributed by atoms with Gasteiger partial charge in [0, 0.05) is 19.7 Å². The van der Waals surface area contributed by atoms with E-state index < -0.39 is 9.85 Å². The average Bonchev–Trinajstić information content (AvgIpc) is 2.93. The number of rotatable bonds is 7. The van der Waals surface area contributed by atoms with Crippen molar-refractivity contribution in [1.29, 1.82) is 5.26 Å². The number of aromatic nitrogens is 2. The highest BCUT2D eigenvalue weighted by Crippen LogP contribution is 2.31. The molecule has 0 aliphatic rings. The number of nitrogens with two attached hydrogens (primary N) is 1. The third kappa shape index (κ3) is 3.81. The summed E-state index contributed by atoms with van der Waals surface area (Å²) in [5.74, 6) is 0.136. The zero-order valence-electron chi connectivity index (χ0n) is 13.3. The molecule has 0 saturated carbocycles. The zero-order valence-corrected chi connectivity index (χ0v) is 13.3. The van der Waals surface area contributed by atoms with Gasteiger partial charge in [0.25, 0.3) is 11.4 Å². The van der Waals surface area contributed by atoms with E-state index in [0.717, 1.165) is 6.07 Å². The van der Waals surface area contributed by atoms with E-state index in [1.165, 1.54) is 12.1 Å². The van der Waals surface area contributed by atoms with Crippen molar-refractivity contribution in [2.24, 2.45) is 0 Å². The van der Waals surface area contributed by atoms with Crippen LogP contribution in [0.5, 0.6) is 0 Å². The first-order valence-electron chi connectivity index (χ1n) is 7.22. The lowest BCUT2D eigenvalue weighted by Crippen LogP contribution is -2.20. The van der Waals surface area contributed by atoms with E-state index >= 15 is 0 Å². The van der Waals surface area contributed by atoms with Crippen LogP contribution in [0.25, 0.3) is 0 Å². The number of aryl methyl sites for hydroxylation is 1. The van der Waals surface area contributed by atoms with Crippen LogP contribution < -0.4 is 10.6 Å². The molecular weight excluding hydrogens is 330 g/mol. The summed E-state index contributed by atoms with van der Waals surface area (Å²) < 4.78 is 0. The van der Waals surface area contributed by atoms with Gasteiger partial charge in [-0.2, -0.15) is 10.4 Å². The summed E-state index contributed by atoms with van der Waals surface area (Å²) in [6, 6.07) is 5.49. The molecule has 0 radical (unpaired) electrons. The summed E-state index contributed by atoms with van der Waals surface area (Å²) >= 11 is 0. The van der Waals surface area contributed by atoms with Gasteiger partial charge in [-0.3, -0.25) is 25.3 Å². The van der Waals surface area contributed by atoms with E-state index in [-0.39, 0.29) is 22.9 Å². The molecule has 130 valence electrons. The van der Waals surface area contributed by atoms with Gasteiger partial charge in [0.15, 0.2) is 5.82 Å². The first-order valence-corrected chi connectivity index (χ1v) is 7.22. The Bertz CT molecular complexity index is 855. The van der Waals surface area contributed by atoms with E-state index in [2.05, 4.69) is 10.2 Å². The fraction of sp³-hybridized carbons (Fsp3) is 0.286. The van der Waals surface area contributed by atoms with Crippen molar-refractivity contribution in [3.8, 4) is 6.07 Å². The maximum absolute atomic E-state index is 11.2. The molecule has 0 bridgehead atoms. The van der Waals surface area contributed by atoms with Crippen LogP contribution in [0, 0.1) is 31.6 Å². The number of hydrogen-bond donors (Lipinski definition) is 2. The van der Waals surface area contributed by atoms with Crippen molar-refractivity contribution in [3.63, 3.8) is 0 Å². The number of benzene rings is 1. The number of nitro benzene ring substituents is 2. The van der Waals surface area contributed by atoms with Crippen LogP contribution in [0.4, 0.5) is 22.9 Å². The fourth-order valence-corrected chi connectivity index (χ4v) is 2.41. The van der Waals surface area contributed by atoms with Gasteiger partial charge in [-0.25, -0.2) is 0 Å². The number of H-pyrrole nitrogens is 1. The smallest absolute Gasteiger partial charge is 0.299 e. The molecule has 2 rings (SSSR count). The SMILES string of the molecule is CN(CCCc1[nH]nc(N)c1C#N)c1ccc([N+](=O)[O-])cc1[N+](=O)[O-]. The number of nitrogen functional groups attached to an aromatic ring is 1. The molecule has 0 saturated heterocycles. The molecular formula is C14H15N7O4. The predicted octanol–water partition coefficient (Wildman–Crippen LogP) is 1.75. The number of non-ortho nitro benzene ring substituents is 1. The monoisotopic (exact) mass is 345 g/mol. The number of nitriles is 1. The molecule has 0 aliphatic heterocycles. The lowest BCUT2D eigenvalue weighted by Gasteiger charge is -2.18. The van der Waals surface area contributed by atoms with Gasteiger partial charge < -0.3 is 10.6 Å². The minimum absolute atomic E-state index is 0.136. The van der Waals surface area contributed by atoms with Gasteiger partial charge in [-0.1, -0.05) is 0 Å². The summed E-state index contributed by atoms with van der Waals surface area (Å²) in [6.45, 7) is 0.433. The van der Waals surface area contributed by atoms with Gasteiger partial charge in [0.2, 0.25) is 0 Å². The lowest BCUT2D eigenvalue weighted by molar-refractivity contribution is -0.393. The molecule has 1 aromatic carbocycles. The summed E-state index contributed by atoms with van der Waals surface area (Å²) in [4.78, 5) is 22.3. The zero-order chi connectivity index (χ0) is 18.6. The van der Waals surface area contributed by atoms with E-state index in [1.54, 1.807) is 11.9 Å². The summed E-state index contributed by atoms with van der Waals surface area (Å²) in [6.07, 6.45) is 1.05. The standard InChI is InChI=1S/C14H15N7O4/c1-19(6-2-3-11-10(8-15)14(16)18-17-11)12-5-4-9(20(22)23)7-13(12)21(24)25/h4-5,7H,2-3,6H2,1H3,(H3,16,17,18). The quantitative estimate of drug-likeness (QED) is 0.565. The Balaban J connectivity index is 2.10. The molecule has 0 aliphatic carbocycles. The van der Waals surface area contributed by atoms with Gasteiger partial charge in [-0.05, 0) is 18.9 Å². The molecule has 0 unspecified atom stereocenters. The van der Waals surface area contributed by atoms with Gasteiger partial charge >= 0.3 is 0 Å². The minimum atomic E-state index is -0.678. The molecule has 1 aromatic heterocycles. The molecule has 2 aromatic rings. The van der Waals surface area contributed by atoms with Crippen molar-refractivity contribution in [2.45, 2.75) is 12.8 Å². The van der Waals surface area contributed by atoms with Gasteiger partial charge in [0.05, 0.1) is 21.6 Å². The molecule has 0 spiro atoms. The van der Waals surface area contributed by atoms with E-state index in [4.69, 9.17) is 11.0 Å². The topological polar surface area (TPSA) is 168 Å². The average molecular weight is 345 g/mol. The van der Waals surface area contributed by atoms with E-state index in [0.29, 0.717) is 30.6 Å². The molecule has 11 nitrogen and oxygen atoms in total. The van der Waals surface area contributed by atoms with E-state index in [9.17, 15) is 20.2 Å². The summed E-state index contributed by atoms with van der Waals surface area (Å²) in [7, 11) is 1.65. The Kier molecular flexibility index (Phi) is 5.13. The maximum Gasteiger partial charge on any atom is 0.299 e. The second kappa shape index (κ2) is 7.26. The Morgan fingerprint density at radius 2 is 2.08 bits per heavy atom. The van der Waals surface area contributed by atoms with Crippen LogP contribution >= 0.6 is 0 Å². The second-order valence-corrected chi connectivity index (χ2v) is 5.29. The first-order chi connectivity index (χ1) is 11.8. The lowest BCUT2D eigenvalue weighted by atomic mass is 10.1. The van der Waals surface area contributed by atoms with Crippen LogP contribution in [0.2, 0.25) is 0 Å². The van der Waals surface area contributed by atoms with Crippen LogP contribution in [0.3, 0.4) is 0 Å². The highest BCUT2D eigenvalue weighted by molar-refractivity contribution is 5.66. The molecule has 1 heterocycles. The predicted molar refractivity (Wildman–Crippen MR) is 89.1 cm³/mol. The summed E-state index contributed by atoms with van der Waals surface area (Å²) in [5, 5.41) is 37.4. The molecule has 3 N–H and O–H groups in total. The maximum atomic E-state index is 11.2. The number of aromatic amines is 1. The molecule has 0 atom stereocenters. The van der Waals surface area contributed by atoms with Crippen LogP contribution in [0.15, 0.2) is 18.2 Å². The number of nitro groups is 2. The van der Waals surface area contributed by atoms with Crippen molar-refractivity contribution in [3.05, 3.63) is 49.7 Å². The Hall–Kier alpha value is -3.68. The molecule has 0 amide bonds. The Morgan fingerprint density at radius 1 is 1.36 bits per heavy atom. The third-order valence-electron chi connectivity index (χ3n) is 3.68.